The van der Waals surface area contributed by atoms with Gasteiger partial charge in [-0.1, -0.05) is 6.92 Å². The van der Waals surface area contributed by atoms with E-state index in [9.17, 15) is 8.42 Å². The van der Waals surface area contributed by atoms with Crippen molar-refractivity contribution in [2.45, 2.75) is 30.7 Å². The number of aromatic nitrogens is 3. The zero-order chi connectivity index (χ0) is 16.4. The number of hydrogen-bond acceptors (Lipinski definition) is 5. The van der Waals surface area contributed by atoms with Crippen molar-refractivity contribution in [3.63, 3.8) is 0 Å². The molecule has 2 heterocycles. The van der Waals surface area contributed by atoms with E-state index in [1.54, 1.807) is 6.33 Å². The fourth-order valence-electron chi connectivity index (χ4n) is 2.83. The highest BCUT2D eigenvalue weighted by Crippen LogP contribution is 2.28. The lowest BCUT2D eigenvalue weighted by molar-refractivity contribution is 0.447. The predicted octanol–water partition coefficient (Wildman–Crippen LogP) is 1.35. The molecule has 3 rings (SSSR count). The maximum atomic E-state index is 12.7. The highest BCUT2D eigenvalue weighted by molar-refractivity contribution is 7.89. The third kappa shape index (κ3) is 2.85. The van der Waals surface area contributed by atoms with Gasteiger partial charge in [-0.05, 0) is 30.7 Å². The van der Waals surface area contributed by atoms with E-state index >= 15 is 0 Å². The van der Waals surface area contributed by atoms with E-state index in [1.807, 2.05) is 17.6 Å². The normalized spacial score (nSPS) is 18.9. The molecular weight excluding hydrogens is 314 g/mol. The minimum Gasteiger partial charge on any atom is -0.313 e. The van der Waals surface area contributed by atoms with Crippen LogP contribution in [0, 0.1) is 11.3 Å². The van der Waals surface area contributed by atoms with E-state index in [-0.39, 0.29) is 10.9 Å². The van der Waals surface area contributed by atoms with Crippen molar-refractivity contribution in [1.29, 1.82) is 5.26 Å². The second-order valence-electron chi connectivity index (χ2n) is 5.45. The topological polar surface area (TPSA) is 91.9 Å². The van der Waals surface area contributed by atoms with Gasteiger partial charge >= 0.3 is 0 Å². The van der Waals surface area contributed by atoms with Gasteiger partial charge < -0.3 is 4.57 Å². The smallest absolute Gasteiger partial charge is 0.243 e. The number of nitriles is 1. The molecule has 0 bridgehead atoms. The van der Waals surface area contributed by atoms with Gasteiger partial charge in [-0.2, -0.15) is 9.57 Å². The first-order chi connectivity index (χ1) is 11.1. The Hall–Kier alpha value is -2.24. The fourth-order valence-corrected chi connectivity index (χ4v) is 4.32. The monoisotopic (exact) mass is 331 g/mol. The number of nitrogens with zero attached hydrogens (tertiary/aromatic N) is 5. The molecule has 1 aliphatic heterocycles. The van der Waals surface area contributed by atoms with Crippen LogP contribution in [0.1, 0.15) is 30.8 Å². The predicted molar refractivity (Wildman–Crippen MR) is 83.0 cm³/mol. The molecule has 1 fully saturated rings. The van der Waals surface area contributed by atoms with Gasteiger partial charge in [0, 0.05) is 19.5 Å². The van der Waals surface area contributed by atoms with Crippen LogP contribution in [-0.4, -0.2) is 40.6 Å². The Kier molecular flexibility index (Phi) is 4.15. The Bertz CT molecular complexity index is 835. The zero-order valence-electron chi connectivity index (χ0n) is 12.8. The van der Waals surface area contributed by atoms with Crippen molar-refractivity contribution in [1.82, 2.24) is 19.1 Å². The zero-order valence-corrected chi connectivity index (χ0v) is 13.6. The third-order valence-electron chi connectivity index (χ3n) is 4.10. The molecule has 0 N–H and O–H groups in total. The van der Waals surface area contributed by atoms with E-state index in [0.29, 0.717) is 18.7 Å². The molecule has 1 unspecified atom stereocenters. The van der Waals surface area contributed by atoms with Gasteiger partial charge in [-0.25, -0.2) is 8.42 Å². The van der Waals surface area contributed by atoms with Crippen LogP contribution in [0.15, 0.2) is 35.5 Å². The van der Waals surface area contributed by atoms with Crippen LogP contribution in [0.5, 0.6) is 0 Å². The van der Waals surface area contributed by atoms with Crippen LogP contribution < -0.4 is 0 Å². The van der Waals surface area contributed by atoms with Crippen molar-refractivity contribution in [3.05, 3.63) is 42.0 Å². The molecule has 1 aromatic heterocycles. The number of hydrogen-bond donors (Lipinski definition) is 0. The summed E-state index contributed by atoms with van der Waals surface area (Å²) in [6.07, 6.45) is 3.17. The summed E-state index contributed by atoms with van der Waals surface area (Å²) in [4.78, 5) is 0.219. The Labute approximate surface area is 135 Å². The molecule has 23 heavy (non-hydrogen) atoms. The molecule has 0 saturated carbocycles. The molecular formula is C15H17N5O2S. The van der Waals surface area contributed by atoms with Gasteiger partial charge in [0.15, 0.2) is 0 Å². The van der Waals surface area contributed by atoms with Gasteiger partial charge in [0.25, 0.3) is 0 Å². The lowest BCUT2D eigenvalue weighted by Crippen LogP contribution is -2.29. The summed E-state index contributed by atoms with van der Waals surface area (Å²) in [5.41, 5.74) is 0.445. The van der Waals surface area contributed by atoms with Crippen molar-refractivity contribution in [2.24, 2.45) is 0 Å². The van der Waals surface area contributed by atoms with Gasteiger partial charge in [0.1, 0.15) is 12.2 Å². The maximum Gasteiger partial charge on any atom is 0.243 e. The number of benzene rings is 1. The quantitative estimate of drug-likeness (QED) is 0.843. The summed E-state index contributed by atoms with van der Waals surface area (Å²) in [5.74, 6) is 0.868. The lowest BCUT2D eigenvalue weighted by Gasteiger charge is -2.17. The van der Waals surface area contributed by atoms with Gasteiger partial charge in [0.2, 0.25) is 10.0 Å². The summed E-state index contributed by atoms with van der Waals surface area (Å²) in [5, 5.41) is 16.8. The highest BCUT2D eigenvalue weighted by Gasteiger charge is 2.34. The molecule has 0 spiro atoms. The van der Waals surface area contributed by atoms with Crippen molar-refractivity contribution >= 4 is 10.0 Å². The molecule has 1 saturated heterocycles. The molecule has 2 aromatic rings. The van der Waals surface area contributed by atoms with E-state index in [2.05, 4.69) is 10.2 Å². The van der Waals surface area contributed by atoms with Crippen molar-refractivity contribution in [3.8, 4) is 6.07 Å². The molecule has 1 atom stereocenters. The summed E-state index contributed by atoms with van der Waals surface area (Å²) in [6.45, 7) is 2.88. The van der Waals surface area contributed by atoms with Crippen LogP contribution in [0.2, 0.25) is 0 Å². The van der Waals surface area contributed by atoms with Crippen LogP contribution in [0.4, 0.5) is 0 Å². The number of sulfonamides is 1. The molecule has 1 aliphatic rings. The van der Waals surface area contributed by atoms with Crippen LogP contribution in [0.25, 0.3) is 0 Å². The summed E-state index contributed by atoms with van der Waals surface area (Å²) < 4.78 is 28.9. The molecule has 0 radical (unpaired) electrons. The van der Waals surface area contributed by atoms with Gasteiger partial charge in [-0.3, -0.25) is 0 Å². The van der Waals surface area contributed by atoms with Crippen LogP contribution >= 0.6 is 0 Å². The van der Waals surface area contributed by atoms with E-state index in [1.165, 1.54) is 28.6 Å². The molecule has 8 heteroatoms. The first kappa shape index (κ1) is 15.6. The minimum atomic E-state index is -3.54. The van der Waals surface area contributed by atoms with Gasteiger partial charge in [0.05, 0.1) is 22.6 Å². The minimum absolute atomic E-state index is 0.0631. The lowest BCUT2D eigenvalue weighted by atomic mass is 10.2. The number of rotatable bonds is 4. The first-order valence-corrected chi connectivity index (χ1v) is 8.89. The summed E-state index contributed by atoms with van der Waals surface area (Å²) in [7, 11) is -3.54. The van der Waals surface area contributed by atoms with Crippen molar-refractivity contribution in [2.75, 3.05) is 13.1 Å². The fraction of sp³-hybridized carbons (Fsp3) is 0.400. The van der Waals surface area contributed by atoms with E-state index in [0.717, 1.165) is 18.7 Å². The second-order valence-corrected chi connectivity index (χ2v) is 7.39. The van der Waals surface area contributed by atoms with Crippen LogP contribution in [0.3, 0.4) is 0 Å². The average molecular weight is 331 g/mol. The largest absolute Gasteiger partial charge is 0.313 e. The van der Waals surface area contributed by atoms with Crippen LogP contribution in [-0.2, 0) is 16.4 Å². The molecule has 0 aliphatic carbocycles. The Balaban J connectivity index is 1.81. The first-order valence-electron chi connectivity index (χ1n) is 7.45. The molecule has 0 amide bonds. The average Bonchev–Trinajstić information content (AvgIpc) is 3.23. The SMILES string of the molecule is CCc1nncn1C1CCN(S(=O)(=O)c2ccc(C#N)cc2)C1. The van der Waals surface area contributed by atoms with Crippen molar-refractivity contribution < 1.29 is 8.42 Å². The Morgan fingerprint density at radius 2 is 2.09 bits per heavy atom. The number of aryl methyl sites for hydroxylation is 1. The van der Waals surface area contributed by atoms with Gasteiger partial charge in [-0.15, -0.1) is 10.2 Å². The highest BCUT2D eigenvalue weighted by atomic mass is 32.2. The standard InChI is InChI=1S/C15H17N5O2S/c1-2-15-18-17-11-20(15)13-7-8-19(10-13)23(21,22)14-5-3-12(9-16)4-6-14/h3-6,11,13H,2,7-8,10H2,1H3. The van der Waals surface area contributed by atoms with E-state index < -0.39 is 10.0 Å². The second kappa shape index (κ2) is 6.10. The molecule has 1 aromatic carbocycles. The summed E-state index contributed by atoms with van der Waals surface area (Å²) >= 11 is 0. The summed E-state index contributed by atoms with van der Waals surface area (Å²) in [6, 6.07) is 8.06. The Morgan fingerprint density at radius 1 is 1.35 bits per heavy atom. The molecule has 7 nitrogen and oxygen atoms in total. The Morgan fingerprint density at radius 3 is 2.74 bits per heavy atom. The third-order valence-corrected chi connectivity index (χ3v) is 5.98. The molecule has 120 valence electrons. The van der Waals surface area contributed by atoms with E-state index in [4.69, 9.17) is 5.26 Å². The maximum absolute atomic E-state index is 12.7.